The van der Waals surface area contributed by atoms with Gasteiger partial charge in [-0.3, -0.25) is 9.69 Å². The second-order valence-electron chi connectivity index (χ2n) is 7.39. The monoisotopic (exact) mass is 366 g/mol. The summed E-state index contributed by atoms with van der Waals surface area (Å²) in [5.74, 6) is 0.125. The number of Topliss-reactive ketones (excluding diaryl/α,β-unsaturated/α-hetero) is 1. The fourth-order valence-corrected chi connectivity index (χ4v) is 4.12. The van der Waals surface area contributed by atoms with Gasteiger partial charge in [0.25, 0.3) is 0 Å². The number of carbonyl (C=O) groups is 2. The number of nitrogens with one attached hydrogen (secondary N) is 1. The van der Waals surface area contributed by atoms with Crippen LogP contribution in [0, 0.1) is 0 Å². The lowest BCUT2D eigenvalue weighted by atomic mass is 9.98. The number of urea groups is 1. The van der Waals surface area contributed by atoms with Crippen LogP contribution in [0.3, 0.4) is 0 Å². The molecule has 6 heteroatoms. The van der Waals surface area contributed by atoms with E-state index in [1.54, 1.807) is 4.90 Å². The van der Waals surface area contributed by atoms with Crippen LogP contribution < -0.4 is 5.32 Å². The van der Waals surface area contributed by atoms with Gasteiger partial charge in [0.1, 0.15) is 0 Å². The van der Waals surface area contributed by atoms with E-state index >= 15 is 0 Å². The molecule has 1 saturated heterocycles. The van der Waals surface area contributed by atoms with Gasteiger partial charge in [-0.05, 0) is 49.2 Å². The Morgan fingerprint density at radius 3 is 2.93 bits per heavy atom. The SMILES string of the molecule is CCN1CC(/C=C2\C(=O)Cc3cccc(CN4CCCNCC4)c32)=NC1=O. The molecule has 0 saturated carbocycles. The van der Waals surface area contributed by atoms with E-state index in [-0.39, 0.29) is 11.8 Å². The van der Waals surface area contributed by atoms with Crippen molar-refractivity contribution in [3.8, 4) is 0 Å². The molecule has 0 atom stereocenters. The zero-order valence-corrected chi connectivity index (χ0v) is 15.8. The van der Waals surface area contributed by atoms with Crippen molar-refractivity contribution < 1.29 is 9.59 Å². The molecule has 0 unspecified atom stereocenters. The molecule has 1 aromatic rings. The maximum atomic E-state index is 12.7. The molecule has 2 amide bonds. The average molecular weight is 366 g/mol. The molecule has 0 spiro atoms. The fraction of sp³-hybridized carbons (Fsp3) is 0.476. The van der Waals surface area contributed by atoms with Gasteiger partial charge in [0.05, 0.1) is 12.3 Å². The molecule has 27 heavy (non-hydrogen) atoms. The smallest absolute Gasteiger partial charge is 0.317 e. The zero-order valence-electron chi connectivity index (χ0n) is 15.8. The zero-order chi connectivity index (χ0) is 18.8. The summed E-state index contributed by atoms with van der Waals surface area (Å²) >= 11 is 0. The lowest BCUT2D eigenvalue weighted by Gasteiger charge is -2.21. The molecule has 0 bridgehead atoms. The standard InChI is InChI=1S/C21H26N4O2/c1-2-25-14-17(23-21(25)27)12-18-19(26)11-15-5-3-6-16(20(15)18)13-24-9-4-7-22-8-10-24/h3,5-6,12,22H,2,4,7-11,13-14H2,1H3/b18-12+. The third kappa shape index (κ3) is 3.73. The Bertz CT molecular complexity index is 819. The van der Waals surface area contributed by atoms with Crippen molar-refractivity contribution >= 4 is 23.1 Å². The molecule has 6 nitrogen and oxygen atoms in total. The highest BCUT2D eigenvalue weighted by molar-refractivity contribution is 6.30. The number of allylic oxidation sites excluding steroid dienone is 1. The number of ketones is 1. The van der Waals surface area contributed by atoms with Crippen LogP contribution in [-0.2, 0) is 17.8 Å². The van der Waals surface area contributed by atoms with E-state index in [0.29, 0.717) is 25.2 Å². The normalized spacial score (nSPS) is 22.3. The summed E-state index contributed by atoms with van der Waals surface area (Å²) in [6.45, 7) is 8.06. The summed E-state index contributed by atoms with van der Waals surface area (Å²) in [5, 5.41) is 3.43. The Kier molecular flexibility index (Phi) is 5.18. The highest BCUT2D eigenvalue weighted by atomic mass is 16.2. The quantitative estimate of drug-likeness (QED) is 0.827. The number of aliphatic imine (C=N–C) groups is 1. The number of nitrogens with zero attached hydrogens (tertiary/aromatic N) is 3. The minimum Gasteiger partial charge on any atom is -0.317 e. The van der Waals surface area contributed by atoms with Gasteiger partial charge in [0.2, 0.25) is 0 Å². The molecular weight excluding hydrogens is 340 g/mol. The summed E-state index contributed by atoms with van der Waals surface area (Å²) in [4.78, 5) is 32.9. The number of hydrogen-bond donors (Lipinski definition) is 1. The van der Waals surface area contributed by atoms with Crippen LogP contribution in [0.15, 0.2) is 29.3 Å². The Balaban J connectivity index is 1.64. The van der Waals surface area contributed by atoms with E-state index < -0.39 is 0 Å². The Labute approximate surface area is 159 Å². The molecular formula is C21H26N4O2. The van der Waals surface area contributed by atoms with E-state index in [0.717, 1.165) is 55.8 Å². The van der Waals surface area contributed by atoms with Crippen LogP contribution in [0.5, 0.6) is 0 Å². The van der Waals surface area contributed by atoms with Crippen LogP contribution in [-0.4, -0.2) is 66.6 Å². The van der Waals surface area contributed by atoms with Crippen LogP contribution in [0.25, 0.3) is 5.57 Å². The topological polar surface area (TPSA) is 65.0 Å². The van der Waals surface area contributed by atoms with Gasteiger partial charge in [-0.1, -0.05) is 18.2 Å². The van der Waals surface area contributed by atoms with E-state index in [4.69, 9.17) is 0 Å². The van der Waals surface area contributed by atoms with Crippen LogP contribution in [0.4, 0.5) is 4.79 Å². The lowest BCUT2D eigenvalue weighted by molar-refractivity contribution is -0.112. The first kappa shape index (κ1) is 18.1. The second kappa shape index (κ2) is 7.74. The van der Waals surface area contributed by atoms with E-state index in [2.05, 4.69) is 27.3 Å². The molecule has 1 aromatic carbocycles. The molecule has 0 radical (unpaired) electrons. The first-order valence-corrected chi connectivity index (χ1v) is 9.81. The maximum absolute atomic E-state index is 12.7. The van der Waals surface area contributed by atoms with Crippen molar-refractivity contribution in [2.75, 3.05) is 39.3 Å². The van der Waals surface area contributed by atoms with E-state index in [9.17, 15) is 9.59 Å². The van der Waals surface area contributed by atoms with Crippen LogP contribution >= 0.6 is 0 Å². The predicted octanol–water partition coefficient (Wildman–Crippen LogP) is 1.89. The van der Waals surface area contributed by atoms with Crippen molar-refractivity contribution in [3.63, 3.8) is 0 Å². The van der Waals surface area contributed by atoms with E-state index in [1.165, 1.54) is 5.56 Å². The average Bonchev–Trinajstić information content (AvgIpc) is 3.04. The second-order valence-corrected chi connectivity index (χ2v) is 7.39. The van der Waals surface area contributed by atoms with Gasteiger partial charge in [-0.25, -0.2) is 4.79 Å². The maximum Gasteiger partial charge on any atom is 0.344 e. The number of amides is 2. The third-order valence-corrected chi connectivity index (χ3v) is 5.54. The Hall–Kier alpha value is -2.31. The minimum absolute atomic E-state index is 0.125. The lowest BCUT2D eigenvalue weighted by Crippen LogP contribution is -2.28. The number of fused-ring (bicyclic) bond motifs is 1. The van der Waals surface area contributed by atoms with Gasteiger partial charge < -0.3 is 10.2 Å². The molecule has 142 valence electrons. The number of benzene rings is 1. The molecule has 4 rings (SSSR count). The van der Waals surface area contributed by atoms with Gasteiger partial charge in [-0.15, -0.1) is 0 Å². The highest BCUT2D eigenvalue weighted by Gasteiger charge is 2.29. The first-order chi connectivity index (χ1) is 13.2. The van der Waals surface area contributed by atoms with E-state index in [1.807, 2.05) is 19.1 Å². The van der Waals surface area contributed by atoms with Gasteiger partial charge in [-0.2, -0.15) is 4.99 Å². The molecule has 2 aliphatic heterocycles. The molecule has 0 aromatic heterocycles. The number of carbonyl (C=O) groups excluding carboxylic acids is 2. The molecule has 1 fully saturated rings. The van der Waals surface area contributed by atoms with Crippen LogP contribution in [0.1, 0.15) is 30.0 Å². The predicted molar refractivity (Wildman–Crippen MR) is 106 cm³/mol. The Morgan fingerprint density at radius 2 is 2.11 bits per heavy atom. The molecule has 1 N–H and O–H groups in total. The van der Waals surface area contributed by atoms with Crippen LogP contribution in [0.2, 0.25) is 0 Å². The molecule has 2 heterocycles. The minimum atomic E-state index is -0.208. The third-order valence-electron chi connectivity index (χ3n) is 5.54. The van der Waals surface area contributed by atoms with Gasteiger partial charge in [0, 0.05) is 38.2 Å². The summed E-state index contributed by atoms with van der Waals surface area (Å²) in [6.07, 6.45) is 3.42. The summed E-state index contributed by atoms with van der Waals surface area (Å²) in [7, 11) is 0. The summed E-state index contributed by atoms with van der Waals surface area (Å²) in [6, 6.07) is 6.02. The summed E-state index contributed by atoms with van der Waals surface area (Å²) in [5.41, 5.74) is 4.76. The summed E-state index contributed by atoms with van der Waals surface area (Å²) < 4.78 is 0. The van der Waals surface area contributed by atoms with Crippen molar-refractivity contribution in [1.82, 2.24) is 15.1 Å². The first-order valence-electron chi connectivity index (χ1n) is 9.81. The Morgan fingerprint density at radius 1 is 1.22 bits per heavy atom. The van der Waals surface area contributed by atoms with Crippen molar-refractivity contribution in [1.29, 1.82) is 0 Å². The fourth-order valence-electron chi connectivity index (χ4n) is 4.12. The van der Waals surface area contributed by atoms with Crippen molar-refractivity contribution in [2.24, 2.45) is 4.99 Å². The number of rotatable bonds is 4. The van der Waals surface area contributed by atoms with Gasteiger partial charge in [0.15, 0.2) is 5.78 Å². The molecule has 3 aliphatic rings. The highest BCUT2D eigenvalue weighted by Crippen LogP contribution is 2.33. The van der Waals surface area contributed by atoms with Crippen molar-refractivity contribution in [3.05, 3.63) is 41.0 Å². The number of hydrogen-bond acceptors (Lipinski definition) is 4. The molecule has 1 aliphatic carbocycles. The largest absolute Gasteiger partial charge is 0.344 e. The van der Waals surface area contributed by atoms with Crippen molar-refractivity contribution in [2.45, 2.75) is 26.3 Å². The van der Waals surface area contributed by atoms with Gasteiger partial charge >= 0.3 is 6.03 Å².